The minimum Gasteiger partial charge on any atom is -0.457 e. The van der Waals surface area contributed by atoms with Crippen molar-refractivity contribution in [3.8, 4) is 33.8 Å². The average molecular weight is 691 g/mol. The summed E-state index contributed by atoms with van der Waals surface area (Å²) < 4.78 is 6.64. The van der Waals surface area contributed by atoms with Gasteiger partial charge < -0.3 is 10.1 Å². The van der Waals surface area contributed by atoms with Gasteiger partial charge in [-0.2, -0.15) is 0 Å². The number of ether oxygens (including phenoxy) is 1. The highest BCUT2D eigenvalue weighted by Crippen LogP contribution is 2.62. The smallest absolute Gasteiger partial charge is 0.133 e. The number of nitrogens with zero attached hydrogens (tertiary/aromatic N) is 1. The summed E-state index contributed by atoms with van der Waals surface area (Å²) in [5, 5.41) is 6.17. The van der Waals surface area contributed by atoms with Gasteiger partial charge in [0.15, 0.2) is 0 Å². The fraction of sp³-hybridized carbons (Fsp3) is 0.0392. The summed E-state index contributed by atoms with van der Waals surface area (Å²) in [6, 6.07) is 67.4. The van der Waals surface area contributed by atoms with Crippen molar-refractivity contribution < 1.29 is 4.74 Å². The maximum atomic E-state index is 6.64. The van der Waals surface area contributed by atoms with Crippen molar-refractivity contribution in [2.24, 2.45) is 4.99 Å². The third-order valence-corrected chi connectivity index (χ3v) is 11.3. The van der Waals surface area contributed by atoms with Gasteiger partial charge >= 0.3 is 0 Å². The van der Waals surface area contributed by atoms with Gasteiger partial charge in [-0.3, -0.25) is 4.99 Å². The Bertz CT molecular complexity index is 2790. The van der Waals surface area contributed by atoms with Crippen LogP contribution in [0.4, 0.5) is 0 Å². The molecule has 11 rings (SSSR count). The predicted molar refractivity (Wildman–Crippen MR) is 220 cm³/mol. The molecule has 54 heavy (non-hydrogen) atoms. The number of hydrogen-bond donors (Lipinski definition) is 1. The standard InChI is InChI=1S/C51H34N2O/c1-3-14-33(15-4-1)46-32-47(53-50(52-46)34-16-5-2-6-17-34)39-21-13-20-35(28-39)38-26-27-40-41-29-36-18-7-8-19-37(36)30-45(41)51(44(40)31-38)42-22-9-11-24-48(42)54-49-25-12-10-23-43(49)51/h1-32,46H,(H,52,53). The van der Waals surface area contributed by atoms with Gasteiger partial charge in [-0.05, 0) is 97.8 Å². The third-order valence-electron chi connectivity index (χ3n) is 11.3. The molecule has 0 amide bonds. The van der Waals surface area contributed by atoms with Gasteiger partial charge in [0.2, 0.25) is 0 Å². The Kier molecular flexibility index (Phi) is 6.83. The second-order valence-electron chi connectivity index (χ2n) is 14.3. The number of amidine groups is 1. The lowest BCUT2D eigenvalue weighted by Crippen LogP contribution is -2.32. The number of benzene rings is 8. The largest absolute Gasteiger partial charge is 0.457 e. The Morgan fingerprint density at radius 3 is 1.80 bits per heavy atom. The summed E-state index contributed by atoms with van der Waals surface area (Å²) in [5.41, 5.74) is 13.6. The number of aliphatic imine (C=N–C) groups is 1. The van der Waals surface area contributed by atoms with Gasteiger partial charge in [0, 0.05) is 22.4 Å². The van der Waals surface area contributed by atoms with Gasteiger partial charge in [0.25, 0.3) is 0 Å². The van der Waals surface area contributed by atoms with E-state index in [4.69, 9.17) is 9.73 Å². The van der Waals surface area contributed by atoms with Crippen LogP contribution in [0.5, 0.6) is 11.5 Å². The van der Waals surface area contributed by atoms with Gasteiger partial charge in [0.1, 0.15) is 17.3 Å². The Morgan fingerprint density at radius 1 is 0.444 bits per heavy atom. The lowest BCUT2D eigenvalue weighted by Gasteiger charge is -2.39. The molecule has 1 aliphatic carbocycles. The minimum absolute atomic E-state index is 0.108. The molecule has 1 spiro atoms. The molecule has 0 saturated heterocycles. The molecule has 3 nitrogen and oxygen atoms in total. The maximum absolute atomic E-state index is 6.64. The lowest BCUT2D eigenvalue weighted by atomic mass is 9.65. The fourth-order valence-corrected chi connectivity index (χ4v) is 8.90. The Labute approximate surface area is 314 Å². The van der Waals surface area contributed by atoms with Gasteiger partial charge in [-0.1, -0.05) is 152 Å². The van der Waals surface area contributed by atoms with Gasteiger partial charge in [0.05, 0.1) is 11.5 Å². The summed E-state index contributed by atoms with van der Waals surface area (Å²) in [6.45, 7) is 0. The van der Waals surface area contributed by atoms with E-state index in [9.17, 15) is 0 Å². The molecule has 2 heterocycles. The summed E-state index contributed by atoms with van der Waals surface area (Å²) in [4.78, 5) is 5.16. The molecule has 8 aromatic rings. The van der Waals surface area contributed by atoms with E-state index in [0.717, 1.165) is 45.3 Å². The molecule has 0 saturated carbocycles. The number of hydrogen-bond acceptors (Lipinski definition) is 3. The zero-order chi connectivity index (χ0) is 35.6. The van der Waals surface area contributed by atoms with Crippen LogP contribution in [-0.2, 0) is 5.41 Å². The molecule has 0 fully saturated rings. The van der Waals surface area contributed by atoms with E-state index < -0.39 is 5.41 Å². The Balaban J connectivity index is 1.09. The van der Waals surface area contributed by atoms with E-state index in [0.29, 0.717) is 0 Å². The molecule has 8 aromatic carbocycles. The maximum Gasteiger partial charge on any atom is 0.133 e. The molecule has 1 N–H and O–H groups in total. The van der Waals surface area contributed by atoms with Gasteiger partial charge in [-0.25, -0.2) is 0 Å². The zero-order valence-corrected chi connectivity index (χ0v) is 29.4. The summed E-state index contributed by atoms with van der Waals surface area (Å²) in [5.74, 6) is 2.67. The van der Waals surface area contributed by atoms with Crippen LogP contribution in [0.3, 0.4) is 0 Å². The topological polar surface area (TPSA) is 33.6 Å². The van der Waals surface area contributed by atoms with Crippen molar-refractivity contribution in [3.05, 3.63) is 233 Å². The molecule has 1 atom stereocenters. The van der Waals surface area contributed by atoms with Gasteiger partial charge in [-0.15, -0.1) is 0 Å². The highest BCUT2D eigenvalue weighted by atomic mass is 16.5. The van der Waals surface area contributed by atoms with Crippen molar-refractivity contribution >= 4 is 22.3 Å². The summed E-state index contributed by atoms with van der Waals surface area (Å²) >= 11 is 0. The molecule has 254 valence electrons. The molecule has 0 aromatic heterocycles. The summed E-state index contributed by atoms with van der Waals surface area (Å²) in [6.07, 6.45) is 2.25. The van der Waals surface area contributed by atoms with Crippen molar-refractivity contribution in [1.82, 2.24) is 5.32 Å². The van der Waals surface area contributed by atoms with Crippen LogP contribution in [0.2, 0.25) is 0 Å². The first-order chi connectivity index (χ1) is 26.7. The molecule has 2 aliphatic heterocycles. The van der Waals surface area contributed by atoms with Crippen LogP contribution in [0, 0.1) is 0 Å². The lowest BCUT2D eigenvalue weighted by molar-refractivity contribution is 0.436. The SMILES string of the molecule is C1=C(c2cccc(-c3ccc4c(c3)C3(c5ccccc5Oc5ccccc53)c3cc5ccccc5cc3-4)c2)NC(c2ccccc2)=NC1c1ccccc1. The van der Waals surface area contributed by atoms with E-state index in [1.54, 1.807) is 0 Å². The van der Waals surface area contributed by atoms with E-state index in [-0.39, 0.29) is 6.04 Å². The molecule has 1 unspecified atom stereocenters. The fourth-order valence-electron chi connectivity index (χ4n) is 8.90. The first kappa shape index (κ1) is 30.6. The number of nitrogens with one attached hydrogen (secondary N) is 1. The van der Waals surface area contributed by atoms with E-state index >= 15 is 0 Å². The number of para-hydroxylation sites is 2. The number of fused-ring (bicyclic) bond motifs is 10. The second-order valence-corrected chi connectivity index (χ2v) is 14.3. The molecular formula is C51H34N2O. The third kappa shape index (κ3) is 4.65. The normalized spacial score (nSPS) is 15.9. The number of rotatable bonds is 4. The molecule has 0 bridgehead atoms. The molecule has 3 heteroatoms. The Hall–Kier alpha value is -6.97. The monoisotopic (exact) mass is 690 g/mol. The van der Waals surface area contributed by atoms with Crippen molar-refractivity contribution in [2.75, 3.05) is 0 Å². The van der Waals surface area contributed by atoms with E-state index in [2.05, 4.69) is 193 Å². The van der Waals surface area contributed by atoms with Crippen LogP contribution in [0.25, 0.3) is 38.7 Å². The van der Waals surface area contributed by atoms with Crippen molar-refractivity contribution in [3.63, 3.8) is 0 Å². The predicted octanol–water partition coefficient (Wildman–Crippen LogP) is 12.1. The average Bonchev–Trinajstić information content (AvgIpc) is 3.52. The summed E-state index contributed by atoms with van der Waals surface area (Å²) in [7, 11) is 0. The molecule has 0 radical (unpaired) electrons. The first-order valence-electron chi connectivity index (χ1n) is 18.6. The zero-order valence-electron chi connectivity index (χ0n) is 29.4. The van der Waals surface area contributed by atoms with Crippen LogP contribution in [0.1, 0.15) is 45.0 Å². The second kappa shape index (κ2) is 12.0. The van der Waals surface area contributed by atoms with E-state index in [1.807, 2.05) is 6.07 Å². The highest BCUT2D eigenvalue weighted by molar-refractivity contribution is 6.05. The van der Waals surface area contributed by atoms with Crippen LogP contribution in [0.15, 0.2) is 199 Å². The van der Waals surface area contributed by atoms with Crippen molar-refractivity contribution in [1.29, 1.82) is 0 Å². The van der Waals surface area contributed by atoms with Crippen LogP contribution in [-0.4, -0.2) is 5.84 Å². The van der Waals surface area contributed by atoms with Crippen LogP contribution < -0.4 is 10.1 Å². The Morgan fingerprint density at radius 2 is 1.04 bits per heavy atom. The van der Waals surface area contributed by atoms with Crippen LogP contribution >= 0.6 is 0 Å². The first-order valence-corrected chi connectivity index (χ1v) is 18.6. The molecular weight excluding hydrogens is 657 g/mol. The van der Waals surface area contributed by atoms with E-state index in [1.165, 1.54) is 49.7 Å². The quantitative estimate of drug-likeness (QED) is 0.199. The highest BCUT2D eigenvalue weighted by Gasteiger charge is 2.51. The minimum atomic E-state index is -0.550. The molecule has 3 aliphatic rings. The van der Waals surface area contributed by atoms with Crippen molar-refractivity contribution in [2.45, 2.75) is 11.5 Å².